The second-order valence-corrected chi connectivity index (χ2v) is 8.12. The maximum atomic E-state index is 11.9. The van der Waals surface area contributed by atoms with Gasteiger partial charge in [0.15, 0.2) is 9.84 Å². The largest absolute Gasteiger partial charge is 0.497 e. The van der Waals surface area contributed by atoms with Gasteiger partial charge in [0.1, 0.15) is 11.5 Å². The molecule has 0 bridgehead atoms. The van der Waals surface area contributed by atoms with Gasteiger partial charge in [-0.05, 0) is 32.9 Å². The summed E-state index contributed by atoms with van der Waals surface area (Å²) in [6.45, 7) is 4.66. The quantitative estimate of drug-likeness (QED) is 0.820. The van der Waals surface area contributed by atoms with Crippen LogP contribution < -0.4 is 15.8 Å². The van der Waals surface area contributed by atoms with Crippen LogP contribution >= 0.6 is 0 Å². The number of ether oxygens (including phenoxy) is 1. The van der Waals surface area contributed by atoms with E-state index >= 15 is 0 Å². The normalized spacial score (nSPS) is 12.0. The smallest absolute Gasteiger partial charge is 0.239 e. The number of amides is 1. The highest BCUT2D eigenvalue weighted by molar-refractivity contribution is 7.93. The van der Waals surface area contributed by atoms with Gasteiger partial charge in [-0.2, -0.15) is 0 Å². The molecule has 0 radical (unpaired) electrons. The Bertz CT molecular complexity index is 603. The van der Waals surface area contributed by atoms with Gasteiger partial charge in [-0.1, -0.05) is 0 Å². The molecule has 6 nitrogen and oxygen atoms in total. The van der Waals surface area contributed by atoms with E-state index in [4.69, 9.17) is 10.5 Å². The van der Waals surface area contributed by atoms with Crippen molar-refractivity contribution in [2.45, 2.75) is 25.5 Å². The topological polar surface area (TPSA) is 98.5 Å². The fourth-order valence-electron chi connectivity index (χ4n) is 1.36. The number of methoxy groups -OCH3 is 1. The second-order valence-electron chi connectivity index (χ2n) is 5.37. The third-order valence-electron chi connectivity index (χ3n) is 2.79. The number of carbonyl (C=O) groups excluding carboxylic acids is 1. The number of anilines is 2. The first kappa shape index (κ1) is 16.3. The van der Waals surface area contributed by atoms with E-state index in [1.807, 2.05) is 0 Å². The van der Waals surface area contributed by atoms with Crippen molar-refractivity contribution >= 4 is 27.1 Å². The van der Waals surface area contributed by atoms with Crippen molar-refractivity contribution in [3.8, 4) is 5.75 Å². The average Bonchev–Trinajstić information content (AvgIpc) is 2.29. The average molecular weight is 300 g/mol. The van der Waals surface area contributed by atoms with Crippen molar-refractivity contribution in [3.05, 3.63) is 18.2 Å². The lowest BCUT2D eigenvalue weighted by atomic mass is 10.2. The molecule has 1 aromatic rings. The van der Waals surface area contributed by atoms with E-state index in [0.717, 1.165) is 0 Å². The fraction of sp³-hybridized carbons (Fsp3) is 0.462. The lowest BCUT2D eigenvalue weighted by Gasteiger charge is -2.19. The Labute approximate surface area is 119 Å². The highest BCUT2D eigenvalue weighted by Crippen LogP contribution is 2.24. The molecule has 0 heterocycles. The van der Waals surface area contributed by atoms with Crippen LogP contribution in [-0.2, 0) is 14.6 Å². The number of benzene rings is 1. The van der Waals surface area contributed by atoms with Gasteiger partial charge in [-0.3, -0.25) is 4.79 Å². The summed E-state index contributed by atoms with van der Waals surface area (Å²) < 4.78 is 27.9. The van der Waals surface area contributed by atoms with Crippen LogP contribution in [0.1, 0.15) is 20.8 Å². The monoisotopic (exact) mass is 300 g/mol. The molecule has 3 N–H and O–H groups in total. The molecule has 1 amide bonds. The number of carbonyl (C=O) groups is 1. The van der Waals surface area contributed by atoms with E-state index in [1.54, 1.807) is 39.0 Å². The molecule has 112 valence electrons. The third kappa shape index (κ3) is 3.86. The summed E-state index contributed by atoms with van der Waals surface area (Å²) in [5.74, 6) is -0.637. The van der Waals surface area contributed by atoms with Crippen LogP contribution in [0.4, 0.5) is 11.4 Å². The third-order valence-corrected chi connectivity index (χ3v) is 5.30. The van der Waals surface area contributed by atoms with Crippen molar-refractivity contribution < 1.29 is 17.9 Å². The van der Waals surface area contributed by atoms with E-state index < -0.39 is 26.2 Å². The first-order valence-electron chi connectivity index (χ1n) is 6.02. The summed E-state index contributed by atoms with van der Waals surface area (Å²) in [5, 5.41) is 2.49. The van der Waals surface area contributed by atoms with Crippen LogP contribution in [0.15, 0.2) is 18.2 Å². The van der Waals surface area contributed by atoms with Gasteiger partial charge in [0.2, 0.25) is 5.91 Å². The van der Waals surface area contributed by atoms with Crippen molar-refractivity contribution in [2.24, 2.45) is 0 Å². The summed E-state index contributed by atoms with van der Waals surface area (Å²) in [4.78, 5) is 11.8. The van der Waals surface area contributed by atoms with Gasteiger partial charge in [0.25, 0.3) is 0 Å². The molecule has 7 heteroatoms. The maximum absolute atomic E-state index is 11.9. The molecule has 0 spiro atoms. The summed E-state index contributed by atoms with van der Waals surface area (Å²) >= 11 is 0. The van der Waals surface area contributed by atoms with E-state index in [-0.39, 0.29) is 0 Å². The predicted molar refractivity (Wildman–Crippen MR) is 79.6 cm³/mol. The van der Waals surface area contributed by atoms with Crippen molar-refractivity contribution in [1.29, 1.82) is 0 Å². The van der Waals surface area contributed by atoms with E-state index in [9.17, 15) is 13.2 Å². The minimum absolute atomic E-state index is 0.311. The minimum Gasteiger partial charge on any atom is -0.497 e. The van der Waals surface area contributed by atoms with E-state index in [1.165, 1.54) is 7.11 Å². The summed E-state index contributed by atoms with van der Waals surface area (Å²) in [6.07, 6.45) is 0. The lowest BCUT2D eigenvalue weighted by Crippen LogP contribution is -2.35. The van der Waals surface area contributed by atoms with Gasteiger partial charge in [0, 0.05) is 6.07 Å². The number of sulfone groups is 1. The zero-order valence-corrected chi connectivity index (χ0v) is 12.9. The molecule has 0 aliphatic carbocycles. The SMILES string of the molecule is COc1ccc(NC(=O)CS(=O)(=O)C(C)(C)C)c(N)c1. The molecule has 0 unspecified atom stereocenters. The molecule has 0 atom stereocenters. The van der Waals surface area contributed by atoms with Crippen LogP contribution in [0.2, 0.25) is 0 Å². The van der Waals surface area contributed by atoms with Crippen LogP contribution in [0.25, 0.3) is 0 Å². The molecule has 0 aromatic heterocycles. The van der Waals surface area contributed by atoms with Crippen molar-refractivity contribution in [1.82, 2.24) is 0 Å². The molecule has 0 aliphatic rings. The second kappa shape index (κ2) is 5.70. The van der Waals surface area contributed by atoms with Gasteiger partial charge in [-0.25, -0.2) is 8.42 Å². The van der Waals surface area contributed by atoms with E-state index in [0.29, 0.717) is 17.1 Å². The first-order chi connectivity index (χ1) is 9.06. The van der Waals surface area contributed by atoms with Crippen molar-refractivity contribution in [3.63, 3.8) is 0 Å². The Hall–Kier alpha value is -1.76. The lowest BCUT2D eigenvalue weighted by molar-refractivity contribution is -0.113. The Morgan fingerprint density at radius 3 is 2.40 bits per heavy atom. The van der Waals surface area contributed by atoms with Crippen LogP contribution in [0.3, 0.4) is 0 Å². The Morgan fingerprint density at radius 2 is 1.95 bits per heavy atom. The zero-order chi connectivity index (χ0) is 15.6. The summed E-state index contributed by atoms with van der Waals surface area (Å²) in [6, 6.07) is 4.74. The molecular weight excluding hydrogens is 280 g/mol. The standard InChI is InChI=1S/C13H20N2O4S/c1-13(2,3)20(17,18)8-12(16)15-11-6-5-9(19-4)7-10(11)14/h5-7H,8,14H2,1-4H3,(H,15,16). The molecule has 1 aromatic carbocycles. The maximum Gasteiger partial charge on any atom is 0.239 e. The first-order valence-corrected chi connectivity index (χ1v) is 7.68. The highest BCUT2D eigenvalue weighted by atomic mass is 32.2. The number of hydrogen-bond acceptors (Lipinski definition) is 5. The molecule has 0 saturated carbocycles. The number of nitrogens with two attached hydrogens (primary N) is 1. The number of nitrogens with one attached hydrogen (secondary N) is 1. The zero-order valence-electron chi connectivity index (χ0n) is 12.1. The highest BCUT2D eigenvalue weighted by Gasteiger charge is 2.31. The number of rotatable bonds is 4. The van der Waals surface area contributed by atoms with Gasteiger partial charge in [-0.15, -0.1) is 0 Å². The molecule has 20 heavy (non-hydrogen) atoms. The minimum atomic E-state index is -3.52. The van der Waals surface area contributed by atoms with Gasteiger partial charge >= 0.3 is 0 Å². The summed E-state index contributed by atoms with van der Waals surface area (Å²) in [5.41, 5.74) is 6.42. The predicted octanol–water partition coefficient (Wildman–Crippen LogP) is 1.43. The van der Waals surface area contributed by atoms with Crippen molar-refractivity contribution in [2.75, 3.05) is 23.9 Å². The van der Waals surface area contributed by atoms with E-state index in [2.05, 4.69) is 5.32 Å². The van der Waals surface area contributed by atoms with Crippen LogP contribution in [0, 0.1) is 0 Å². The molecule has 1 rings (SSSR count). The van der Waals surface area contributed by atoms with Gasteiger partial charge in [0.05, 0.1) is 23.2 Å². The number of hydrogen-bond donors (Lipinski definition) is 2. The molecular formula is C13H20N2O4S. The summed E-state index contributed by atoms with van der Waals surface area (Å²) in [7, 11) is -2.02. The molecule has 0 saturated heterocycles. The fourth-order valence-corrected chi connectivity index (χ4v) is 2.21. The van der Waals surface area contributed by atoms with Crippen LogP contribution in [-0.4, -0.2) is 31.9 Å². The molecule has 0 fully saturated rings. The van der Waals surface area contributed by atoms with Crippen LogP contribution in [0.5, 0.6) is 5.75 Å². The Morgan fingerprint density at radius 1 is 1.35 bits per heavy atom. The Kier molecular flexibility index (Phi) is 4.65. The Balaban J connectivity index is 2.83. The number of nitrogen functional groups attached to an aromatic ring is 1. The molecule has 0 aliphatic heterocycles. The van der Waals surface area contributed by atoms with Gasteiger partial charge < -0.3 is 15.8 Å².